The van der Waals surface area contributed by atoms with Gasteiger partial charge in [0.2, 0.25) is 0 Å². The first-order valence-corrected chi connectivity index (χ1v) is 6.25. The monoisotopic (exact) mass is 249 g/mol. The summed E-state index contributed by atoms with van der Waals surface area (Å²) in [7, 11) is 0. The van der Waals surface area contributed by atoms with Gasteiger partial charge in [0.1, 0.15) is 6.04 Å². The molecule has 1 aromatic carbocycles. The van der Waals surface area contributed by atoms with Crippen molar-refractivity contribution in [3.63, 3.8) is 0 Å². The standard InChI is InChI=1S/C14H19NO3/c1-10-8-15(11(2)14(16)17)9-13(18-10)12-6-4-3-5-7-12/h3-7,10-11,13H,8-9H2,1-2H3,(H,16,17). The van der Waals surface area contributed by atoms with Crippen molar-refractivity contribution in [3.05, 3.63) is 35.9 Å². The first kappa shape index (κ1) is 13.1. The van der Waals surface area contributed by atoms with Crippen molar-refractivity contribution in [2.45, 2.75) is 32.1 Å². The molecule has 4 heteroatoms. The number of ether oxygens (including phenoxy) is 1. The highest BCUT2D eigenvalue weighted by Gasteiger charge is 2.31. The normalized spacial score (nSPS) is 26.8. The Bertz CT molecular complexity index is 407. The lowest BCUT2D eigenvalue weighted by Gasteiger charge is -2.38. The van der Waals surface area contributed by atoms with Crippen molar-refractivity contribution < 1.29 is 14.6 Å². The van der Waals surface area contributed by atoms with E-state index < -0.39 is 12.0 Å². The maximum absolute atomic E-state index is 11.1. The fourth-order valence-corrected chi connectivity index (χ4v) is 2.31. The van der Waals surface area contributed by atoms with Gasteiger partial charge in [-0.05, 0) is 19.4 Å². The molecule has 3 unspecified atom stereocenters. The van der Waals surface area contributed by atoms with Crippen LogP contribution in [0.4, 0.5) is 0 Å². The first-order chi connectivity index (χ1) is 8.58. The molecule has 0 amide bonds. The first-order valence-electron chi connectivity index (χ1n) is 6.25. The summed E-state index contributed by atoms with van der Waals surface area (Å²) in [5.41, 5.74) is 1.10. The van der Waals surface area contributed by atoms with Crippen LogP contribution in [0.5, 0.6) is 0 Å². The maximum atomic E-state index is 11.1. The van der Waals surface area contributed by atoms with Gasteiger partial charge >= 0.3 is 5.97 Å². The summed E-state index contributed by atoms with van der Waals surface area (Å²) in [6.07, 6.45) is 0.00232. The van der Waals surface area contributed by atoms with E-state index in [-0.39, 0.29) is 12.2 Å². The Kier molecular flexibility index (Phi) is 3.99. The highest BCUT2D eigenvalue weighted by Crippen LogP contribution is 2.26. The van der Waals surface area contributed by atoms with Crippen molar-refractivity contribution in [2.75, 3.05) is 13.1 Å². The second kappa shape index (κ2) is 5.50. The molecule has 1 fully saturated rings. The minimum Gasteiger partial charge on any atom is -0.480 e. The van der Waals surface area contributed by atoms with Crippen LogP contribution in [0.15, 0.2) is 30.3 Å². The largest absolute Gasteiger partial charge is 0.480 e. The summed E-state index contributed by atoms with van der Waals surface area (Å²) in [4.78, 5) is 13.0. The SMILES string of the molecule is CC1CN(C(C)C(=O)O)CC(c2ccccc2)O1. The van der Waals surface area contributed by atoms with Crippen LogP contribution in [0.25, 0.3) is 0 Å². The lowest BCUT2D eigenvalue weighted by Crippen LogP contribution is -2.49. The van der Waals surface area contributed by atoms with E-state index in [1.165, 1.54) is 0 Å². The summed E-state index contributed by atoms with van der Waals surface area (Å²) in [6, 6.07) is 9.49. The van der Waals surface area contributed by atoms with Gasteiger partial charge < -0.3 is 9.84 Å². The summed E-state index contributed by atoms with van der Waals surface area (Å²) < 4.78 is 5.90. The van der Waals surface area contributed by atoms with Gasteiger partial charge in [-0.15, -0.1) is 0 Å². The zero-order valence-electron chi connectivity index (χ0n) is 10.7. The van der Waals surface area contributed by atoms with Gasteiger partial charge in [-0.2, -0.15) is 0 Å². The summed E-state index contributed by atoms with van der Waals surface area (Å²) in [5.74, 6) is -0.782. The molecular formula is C14H19NO3. The molecule has 0 bridgehead atoms. The fourth-order valence-electron chi connectivity index (χ4n) is 2.31. The van der Waals surface area contributed by atoms with Gasteiger partial charge in [0.05, 0.1) is 12.2 Å². The van der Waals surface area contributed by atoms with E-state index in [4.69, 9.17) is 9.84 Å². The Morgan fingerprint density at radius 1 is 1.39 bits per heavy atom. The molecule has 0 aromatic heterocycles. The molecule has 0 aliphatic carbocycles. The second-order valence-electron chi connectivity index (χ2n) is 4.81. The van der Waals surface area contributed by atoms with Crippen molar-refractivity contribution in [1.82, 2.24) is 4.90 Å². The minimum absolute atomic E-state index is 0.0447. The van der Waals surface area contributed by atoms with Crippen LogP contribution in [0.1, 0.15) is 25.5 Å². The Labute approximate surface area is 107 Å². The molecule has 1 saturated heterocycles. The molecule has 3 atom stereocenters. The molecule has 0 spiro atoms. The smallest absolute Gasteiger partial charge is 0.320 e. The average Bonchev–Trinajstić information content (AvgIpc) is 2.38. The van der Waals surface area contributed by atoms with Crippen LogP contribution in [0, 0.1) is 0 Å². The van der Waals surface area contributed by atoms with Crippen molar-refractivity contribution >= 4 is 5.97 Å². The van der Waals surface area contributed by atoms with E-state index in [9.17, 15) is 4.79 Å². The van der Waals surface area contributed by atoms with Crippen LogP contribution in [0.3, 0.4) is 0 Å². The number of carboxylic acid groups (broad SMARTS) is 1. The molecule has 0 saturated carbocycles. The molecule has 18 heavy (non-hydrogen) atoms. The highest BCUT2D eigenvalue weighted by molar-refractivity contribution is 5.72. The zero-order valence-corrected chi connectivity index (χ0v) is 10.7. The zero-order chi connectivity index (χ0) is 13.1. The molecule has 0 radical (unpaired) electrons. The van der Waals surface area contributed by atoms with Crippen LogP contribution >= 0.6 is 0 Å². The van der Waals surface area contributed by atoms with Crippen molar-refractivity contribution in [3.8, 4) is 0 Å². The Morgan fingerprint density at radius 2 is 2.06 bits per heavy atom. The van der Waals surface area contributed by atoms with Gasteiger partial charge in [0.15, 0.2) is 0 Å². The summed E-state index contributed by atoms with van der Waals surface area (Å²) in [5, 5.41) is 9.09. The average molecular weight is 249 g/mol. The molecule has 1 N–H and O–H groups in total. The van der Waals surface area contributed by atoms with E-state index in [0.717, 1.165) is 5.56 Å². The van der Waals surface area contributed by atoms with Gasteiger partial charge in [-0.25, -0.2) is 0 Å². The number of hydrogen-bond acceptors (Lipinski definition) is 3. The Morgan fingerprint density at radius 3 is 2.67 bits per heavy atom. The van der Waals surface area contributed by atoms with E-state index in [0.29, 0.717) is 13.1 Å². The third-order valence-corrected chi connectivity index (χ3v) is 3.36. The van der Waals surface area contributed by atoms with Gasteiger partial charge in [-0.3, -0.25) is 9.69 Å². The number of rotatable bonds is 3. The molecule has 1 aliphatic heterocycles. The number of aliphatic carboxylic acids is 1. The molecule has 2 rings (SSSR count). The number of nitrogens with zero attached hydrogens (tertiary/aromatic N) is 1. The molecule has 1 aliphatic rings. The number of carboxylic acids is 1. The predicted molar refractivity (Wildman–Crippen MR) is 68.4 cm³/mol. The second-order valence-corrected chi connectivity index (χ2v) is 4.81. The van der Waals surface area contributed by atoms with Crippen LogP contribution < -0.4 is 0 Å². The Hall–Kier alpha value is -1.39. The number of hydrogen-bond donors (Lipinski definition) is 1. The predicted octanol–water partition coefficient (Wildman–Crippen LogP) is 1.92. The maximum Gasteiger partial charge on any atom is 0.320 e. The molecule has 1 aromatic rings. The topological polar surface area (TPSA) is 49.8 Å². The number of carbonyl (C=O) groups is 1. The fraction of sp³-hybridized carbons (Fsp3) is 0.500. The number of benzene rings is 1. The quantitative estimate of drug-likeness (QED) is 0.889. The lowest BCUT2D eigenvalue weighted by molar-refractivity contribution is -0.148. The third-order valence-electron chi connectivity index (χ3n) is 3.36. The van der Waals surface area contributed by atoms with Gasteiger partial charge in [-0.1, -0.05) is 30.3 Å². The van der Waals surface area contributed by atoms with Crippen molar-refractivity contribution in [2.24, 2.45) is 0 Å². The van der Waals surface area contributed by atoms with Crippen LogP contribution in [0.2, 0.25) is 0 Å². The highest BCUT2D eigenvalue weighted by atomic mass is 16.5. The van der Waals surface area contributed by atoms with E-state index >= 15 is 0 Å². The van der Waals surface area contributed by atoms with E-state index in [1.807, 2.05) is 42.2 Å². The number of morpholine rings is 1. The molecule has 4 nitrogen and oxygen atoms in total. The van der Waals surface area contributed by atoms with Crippen molar-refractivity contribution in [1.29, 1.82) is 0 Å². The van der Waals surface area contributed by atoms with Crippen LogP contribution in [-0.2, 0) is 9.53 Å². The molecular weight excluding hydrogens is 230 g/mol. The molecule has 98 valence electrons. The minimum atomic E-state index is -0.782. The summed E-state index contributed by atoms with van der Waals surface area (Å²) >= 11 is 0. The summed E-state index contributed by atoms with van der Waals surface area (Å²) in [6.45, 7) is 5.00. The molecule has 1 heterocycles. The van der Waals surface area contributed by atoms with Gasteiger partial charge in [0, 0.05) is 13.1 Å². The van der Waals surface area contributed by atoms with E-state index in [1.54, 1.807) is 6.92 Å². The van der Waals surface area contributed by atoms with Gasteiger partial charge in [0.25, 0.3) is 0 Å². The van der Waals surface area contributed by atoms with Crippen LogP contribution in [-0.4, -0.2) is 41.2 Å². The van der Waals surface area contributed by atoms with E-state index in [2.05, 4.69) is 0 Å². The lowest BCUT2D eigenvalue weighted by atomic mass is 10.1. The third kappa shape index (κ3) is 2.89. The Balaban J connectivity index is 2.12.